The van der Waals surface area contributed by atoms with Gasteiger partial charge in [-0.25, -0.2) is 9.97 Å². The minimum absolute atomic E-state index is 0.215. The second kappa shape index (κ2) is 8.34. The number of aryl methyl sites for hydroxylation is 2. The smallest absolute Gasteiger partial charge is 0.266 e. The highest BCUT2D eigenvalue weighted by molar-refractivity contribution is 5.68. The third-order valence-electron chi connectivity index (χ3n) is 4.29. The second-order valence-corrected chi connectivity index (χ2v) is 6.86. The van der Waals surface area contributed by atoms with Crippen LogP contribution in [0.25, 0.3) is 28.3 Å². The maximum Gasteiger partial charge on any atom is 0.266 e. The van der Waals surface area contributed by atoms with Crippen LogP contribution in [-0.2, 0) is 13.6 Å². The lowest BCUT2D eigenvalue weighted by Crippen LogP contribution is -1.98. The molecule has 0 spiro atoms. The monoisotopic (exact) mass is 397 g/mol. The van der Waals surface area contributed by atoms with E-state index in [4.69, 9.17) is 4.98 Å². The molecule has 0 bridgehead atoms. The lowest BCUT2D eigenvalue weighted by atomic mass is 10.2. The molecule has 4 aromatic rings. The Balaban J connectivity index is 0.000000626. The van der Waals surface area contributed by atoms with Crippen LogP contribution >= 0.6 is 0 Å². The van der Waals surface area contributed by atoms with E-state index in [2.05, 4.69) is 15.2 Å². The van der Waals surface area contributed by atoms with E-state index >= 15 is 0 Å². The molecule has 1 fully saturated rings. The predicted octanol–water partition coefficient (Wildman–Crippen LogP) is 4.33. The van der Waals surface area contributed by atoms with Crippen molar-refractivity contribution in [2.45, 2.75) is 32.2 Å². The van der Waals surface area contributed by atoms with E-state index in [9.17, 15) is 8.78 Å². The average Bonchev–Trinajstić information content (AvgIpc) is 3.19. The summed E-state index contributed by atoms with van der Waals surface area (Å²) in [7, 11) is 1.84. The first-order valence-corrected chi connectivity index (χ1v) is 9.47. The van der Waals surface area contributed by atoms with E-state index in [0.717, 1.165) is 28.5 Å². The Labute approximate surface area is 166 Å². The molecule has 5 rings (SSSR count). The molecule has 0 unspecified atom stereocenters. The van der Waals surface area contributed by atoms with Crippen LogP contribution in [0.15, 0.2) is 55.4 Å². The zero-order valence-electron chi connectivity index (χ0n) is 16.0. The normalized spacial score (nSPS) is 12.5. The Kier molecular flexibility index (Phi) is 5.46. The van der Waals surface area contributed by atoms with Crippen molar-refractivity contribution in [2.24, 2.45) is 7.05 Å². The van der Waals surface area contributed by atoms with Gasteiger partial charge in [0.2, 0.25) is 0 Å². The number of rotatable bonds is 5. The molecule has 0 aliphatic heterocycles. The standard InChI is InChI=1S/C17H15F2N7.C3H6/c1-24-10-12(8-21-24)14-7-16-20-4-6-26(16)17(23-14)13-9-22-25(11-13)5-2-3-15(18)19;1-2-3-1/h3-4,6-11H,2,5H2,1H3;1-3H2. The minimum atomic E-state index is -1.68. The molecule has 0 aromatic carbocycles. The number of aromatic nitrogens is 7. The van der Waals surface area contributed by atoms with Crippen molar-refractivity contribution < 1.29 is 8.78 Å². The summed E-state index contributed by atoms with van der Waals surface area (Å²) < 4.78 is 29.5. The zero-order valence-corrected chi connectivity index (χ0v) is 16.0. The number of hydrogen-bond donors (Lipinski definition) is 0. The second-order valence-electron chi connectivity index (χ2n) is 6.86. The van der Waals surface area contributed by atoms with Crippen molar-refractivity contribution in [3.8, 4) is 22.6 Å². The van der Waals surface area contributed by atoms with E-state index in [1.54, 1.807) is 34.2 Å². The fourth-order valence-electron chi connectivity index (χ4n) is 2.74. The summed E-state index contributed by atoms with van der Waals surface area (Å²) in [4.78, 5) is 9.08. The molecule has 0 atom stereocenters. The Morgan fingerprint density at radius 2 is 1.90 bits per heavy atom. The SMILES string of the molecule is C1CC1.Cn1cc(-c2cc3nccn3c(-c3cnn(CCC=C(F)F)c3)n2)cn1. The van der Waals surface area contributed by atoms with Gasteiger partial charge >= 0.3 is 0 Å². The zero-order chi connectivity index (χ0) is 20.2. The van der Waals surface area contributed by atoms with Crippen LogP contribution in [0, 0.1) is 0 Å². The van der Waals surface area contributed by atoms with Crippen molar-refractivity contribution in [3.05, 3.63) is 55.4 Å². The molecule has 1 saturated carbocycles. The van der Waals surface area contributed by atoms with Crippen molar-refractivity contribution >= 4 is 5.65 Å². The maximum atomic E-state index is 12.2. The Morgan fingerprint density at radius 1 is 1.10 bits per heavy atom. The van der Waals surface area contributed by atoms with Gasteiger partial charge in [-0.2, -0.15) is 19.0 Å². The molecule has 0 radical (unpaired) electrons. The lowest BCUT2D eigenvalue weighted by molar-refractivity contribution is 0.415. The first kappa shape index (κ1) is 19.0. The molecule has 150 valence electrons. The van der Waals surface area contributed by atoms with Gasteiger partial charge in [0.25, 0.3) is 6.08 Å². The van der Waals surface area contributed by atoms with E-state index in [0.29, 0.717) is 12.4 Å². The molecule has 0 amide bonds. The molecule has 9 heteroatoms. The van der Waals surface area contributed by atoms with Gasteiger partial charge in [0.05, 0.1) is 23.7 Å². The summed E-state index contributed by atoms with van der Waals surface area (Å²) in [5, 5.41) is 8.42. The number of hydrogen-bond acceptors (Lipinski definition) is 4. The molecular weight excluding hydrogens is 376 g/mol. The molecule has 0 saturated heterocycles. The van der Waals surface area contributed by atoms with E-state index < -0.39 is 6.08 Å². The summed E-state index contributed by atoms with van der Waals surface area (Å²) in [5.74, 6) is 0.678. The van der Waals surface area contributed by atoms with Crippen molar-refractivity contribution in [3.63, 3.8) is 0 Å². The number of allylic oxidation sites excluding steroid dienone is 1. The first-order valence-electron chi connectivity index (χ1n) is 9.47. The predicted molar refractivity (Wildman–Crippen MR) is 105 cm³/mol. The third kappa shape index (κ3) is 4.74. The van der Waals surface area contributed by atoms with Gasteiger partial charge in [0.1, 0.15) is 11.5 Å². The quantitative estimate of drug-likeness (QED) is 0.503. The summed E-state index contributed by atoms with van der Waals surface area (Å²) in [6.07, 6.45) is 14.5. The van der Waals surface area contributed by atoms with E-state index in [1.807, 2.05) is 29.9 Å². The maximum absolute atomic E-state index is 12.2. The minimum Gasteiger partial charge on any atom is -0.284 e. The van der Waals surface area contributed by atoms with Crippen LogP contribution in [0.2, 0.25) is 0 Å². The lowest BCUT2D eigenvalue weighted by Gasteiger charge is -2.05. The molecule has 1 aliphatic carbocycles. The number of halogens is 2. The number of imidazole rings is 1. The van der Waals surface area contributed by atoms with Crippen molar-refractivity contribution in [1.29, 1.82) is 0 Å². The van der Waals surface area contributed by atoms with E-state index in [1.165, 1.54) is 19.3 Å². The fourth-order valence-corrected chi connectivity index (χ4v) is 2.74. The van der Waals surface area contributed by atoms with Crippen molar-refractivity contribution in [2.75, 3.05) is 0 Å². The van der Waals surface area contributed by atoms with Gasteiger partial charge in [-0.3, -0.25) is 13.8 Å². The molecule has 4 aromatic heterocycles. The average molecular weight is 397 g/mol. The van der Waals surface area contributed by atoms with Crippen LogP contribution < -0.4 is 0 Å². The number of nitrogens with zero attached hydrogens (tertiary/aromatic N) is 7. The highest BCUT2D eigenvalue weighted by Gasteiger charge is 2.13. The van der Waals surface area contributed by atoms with Gasteiger partial charge in [0.15, 0.2) is 0 Å². The van der Waals surface area contributed by atoms with Gasteiger partial charge in [0, 0.05) is 50.0 Å². The van der Waals surface area contributed by atoms with Gasteiger partial charge in [-0.15, -0.1) is 0 Å². The number of fused-ring (bicyclic) bond motifs is 1. The highest BCUT2D eigenvalue weighted by Crippen LogP contribution is 2.24. The first-order chi connectivity index (χ1) is 14.1. The molecule has 1 aliphatic rings. The van der Waals surface area contributed by atoms with Crippen LogP contribution in [0.4, 0.5) is 8.78 Å². The molecule has 29 heavy (non-hydrogen) atoms. The van der Waals surface area contributed by atoms with Crippen molar-refractivity contribution in [1.82, 2.24) is 33.9 Å². The molecule has 0 N–H and O–H groups in total. The Hall–Kier alpha value is -3.36. The molecular formula is C20H21F2N7. The topological polar surface area (TPSA) is 65.8 Å². The van der Waals surface area contributed by atoms with E-state index in [-0.39, 0.29) is 6.42 Å². The van der Waals surface area contributed by atoms with Crippen LogP contribution in [-0.4, -0.2) is 33.9 Å². The molecule has 7 nitrogen and oxygen atoms in total. The Morgan fingerprint density at radius 3 is 2.59 bits per heavy atom. The summed E-state index contributed by atoms with van der Waals surface area (Å²) in [5.41, 5.74) is 3.17. The van der Waals surface area contributed by atoms with Crippen LogP contribution in [0.3, 0.4) is 0 Å². The Bertz CT molecular complexity index is 1130. The summed E-state index contributed by atoms with van der Waals surface area (Å²) in [6, 6.07) is 1.89. The highest BCUT2D eigenvalue weighted by atomic mass is 19.3. The van der Waals surface area contributed by atoms with Crippen LogP contribution in [0.5, 0.6) is 0 Å². The van der Waals surface area contributed by atoms with Gasteiger partial charge < -0.3 is 0 Å². The van der Waals surface area contributed by atoms with Crippen LogP contribution in [0.1, 0.15) is 25.7 Å². The largest absolute Gasteiger partial charge is 0.284 e. The third-order valence-corrected chi connectivity index (χ3v) is 4.29. The fraction of sp³-hybridized carbons (Fsp3) is 0.300. The summed E-state index contributed by atoms with van der Waals surface area (Å²) in [6.45, 7) is 0.368. The molecule has 4 heterocycles. The van der Waals surface area contributed by atoms with Gasteiger partial charge in [-0.1, -0.05) is 19.3 Å². The van der Waals surface area contributed by atoms with Gasteiger partial charge in [-0.05, 0) is 12.5 Å². The summed E-state index contributed by atoms with van der Waals surface area (Å²) >= 11 is 0.